The monoisotopic (exact) mass is 1210 g/mol. The van der Waals surface area contributed by atoms with Crippen molar-refractivity contribution in [2.75, 3.05) is 52.5 Å². The fraction of sp³-hybridized carbons (Fsp3) is 0.466. The minimum absolute atomic E-state index is 0.0175. The van der Waals surface area contributed by atoms with E-state index in [1.54, 1.807) is 57.4 Å². The van der Waals surface area contributed by atoms with E-state index in [2.05, 4.69) is 37.2 Å². The molecule has 4 aliphatic rings. The summed E-state index contributed by atoms with van der Waals surface area (Å²) >= 11 is -2.19. The number of rotatable bonds is 25. The van der Waals surface area contributed by atoms with Crippen LogP contribution in [0.3, 0.4) is 0 Å². The highest BCUT2D eigenvalue weighted by Gasteiger charge is 2.46. The van der Waals surface area contributed by atoms with E-state index in [0.29, 0.717) is 62.9 Å². The fourth-order valence-corrected chi connectivity index (χ4v) is 12.0. The first-order chi connectivity index (χ1) is 40.6. The molecule has 28 heteroatoms. The van der Waals surface area contributed by atoms with E-state index < -0.39 is 136 Å². The molecule has 0 saturated heterocycles. The first-order valence-electron chi connectivity index (χ1n) is 28.0. The number of nitrogens with zero attached hydrogens (tertiary/aromatic N) is 3. The number of nitrogens with one attached hydrogen (secondary N) is 7. The number of halogens is 1. The number of benzene rings is 2. The van der Waals surface area contributed by atoms with Crippen LogP contribution in [-0.2, 0) is 88.9 Å². The lowest BCUT2D eigenvalue weighted by Crippen LogP contribution is -2.52. The number of hydrogen-bond acceptors (Lipinski definition) is 17. The van der Waals surface area contributed by atoms with Crippen LogP contribution in [0.2, 0.25) is 0 Å². The number of cyclic esters (lactones) is 1. The minimum atomic E-state index is -2.19. The Labute approximate surface area is 498 Å². The van der Waals surface area contributed by atoms with Gasteiger partial charge in [0.15, 0.2) is 5.60 Å². The average molecular weight is 1210 g/mol. The summed E-state index contributed by atoms with van der Waals surface area (Å²) in [6.45, 7) is 9.61. The van der Waals surface area contributed by atoms with E-state index in [4.69, 9.17) is 23.9 Å². The number of thiol groups is 1. The number of aliphatic hydroxyl groups is 1. The molecule has 8 amide bonds. The maximum Gasteiger partial charge on any atom is 0.343 e. The third-order valence-electron chi connectivity index (χ3n) is 15.6. The fourth-order valence-electron chi connectivity index (χ4n) is 10.3. The van der Waals surface area contributed by atoms with Crippen LogP contribution >= 0.6 is 11.1 Å². The van der Waals surface area contributed by atoms with Crippen LogP contribution in [0.4, 0.5) is 9.18 Å². The first kappa shape index (κ1) is 64.1. The summed E-state index contributed by atoms with van der Waals surface area (Å²) in [6, 6.07) is 9.62. The normalized spacial score (nSPS) is 18.4. The van der Waals surface area contributed by atoms with Crippen molar-refractivity contribution in [2.45, 2.75) is 122 Å². The highest BCUT2D eigenvalue weighted by molar-refractivity contribution is 8.28. The number of esters is 1. The van der Waals surface area contributed by atoms with Gasteiger partial charge in [0.1, 0.15) is 38.6 Å². The second-order valence-electron chi connectivity index (χ2n) is 23.1. The molecule has 8 N–H and O–H groups in total. The van der Waals surface area contributed by atoms with E-state index in [9.17, 15) is 53.1 Å². The van der Waals surface area contributed by atoms with Crippen LogP contribution in [0, 0.1) is 12.7 Å². The molecule has 5 atom stereocenters. The van der Waals surface area contributed by atoms with Crippen molar-refractivity contribution >= 4 is 82.4 Å². The second kappa shape index (κ2) is 26.0. The van der Waals surface area contributed by atoms with Gasteiger partial charge in [0.2, 0.25) is 23.6 Å². The van der Waals surface area contributed by atoms with Gasteiger partial charge in [0, 0.05) is 60.7 Å². The molecule has 2 aromatic carbocycles. The molecule has 8 rings (SSSR count). The van der Waals surface area contributed by atoms with Crippen molar-refractivity contribution in [2.24, 2.45) is 0 Å². The van der Waals surface area contributed by atoms with Crippen LogP contribution < -0.4 is 42.8 Å². The second-order valence-corrected chi connectivity index (χ2v) is 25.0. The zero-order valence-electron chi connectivity index (χ0n) is 49.4. The molecule has 5 heterocycles. The summed E-state index contributed by atoms with van der Waals surface area (Å²) in [6.07, 6.45) is 2.72. The zero-order chi connectivity index (χ0) is 62.6. The molecule has 0 radical (unpaired) electrons. The van der Waals surface area contributed by atoms with Crippen LogP contribution in [0.25, 0.3) is 22.3 Å². The van der Waals surface area contributed by atoms with E-state index in [1.165, 1.54) is 24.5 Å². The smallest absolute Gasteiger partial charge is 0.343 e. The number of imide groups is 1. The van der Waals surface area contributed by atoms with Gasteiger partial charge in [-0.05, 0) is 89.1 Å². The van der Waals surface area contributed by atoms with Gasteiger partial charge in [-0.25, -0.2) is 18.5 Å². The summed E-state index contributed by atoms with van der Waals surface area (Å²) in [5, 5.41) is 29.9. The molecule has 25 nitrogen and oxygen atoms in total. The Morgan fingerprint density at radius 1 is 0.907 bits per heavy atom. The van der Waals surface area contributed by atoms with Crippen LogP contribution in [0.5, 0.6) is 0 Å². The third kappa shape index (κ3) is 14.0. The maximum absolute atomic E-state index is 15.5. The molecule has 4 aromatic rings. The number of hydrogen-bond donors (Lipinski definition) is 9. The predicted octanol–water partition coefficient (Wildman–Crippen LogP) is 0.348. The molecule has 0 saturated carbocycles. The van der Waals surface area contributed by atoms with Crippen molar-refractivity contribution in [3.63, 3.8) is 0 Å². The summed E-state index contributed by atoms with van der Waals surface area (Å²) in [5.41, 5.74) is -1.24. The Balaban J connectivity index is 0.843. The maximum atomic E-state index is 15.5. The van der Waals surface area contributed by atoms with Gasteiger partial charge in [0.05, 0.1) is 72.4 Å². The zero-order valence-corrected chi connectivity index (χ0v) is 50.3. The largest absolute Gasteiger partial charge is 0.458 e. The topological polar surface area (TPSA) is 333 Å². The molecule has 86 heavy (non-hydrogen) atoms. The Hall–Kier alpha value is -7.89. The van der Waals surface area contributed by atoms with E-state index in [-0.39, 0.29) is 56.1 Å². The highest BCUT2D eigenvalue weighted by atomic mass is 32.2. The number of carbonyl (C=O) groups excluding carboxylic acids is 9. The number of methoxy groups -OCH3 is 1. The van der Waals surface area contributed by atoms with Crippen molar-refractivity contribution in [1.29, 1.82) is 0 Å². The number of aryl methyl sites for hydroxylation is 1. The summed E-state index contributed by atoms with van der Waals surface area (Å²) < 4.78 is 40.4. The molecule has 0 bridgehead atoms. The Morgan fingerprint density at radius 2 is 1.58 bits per heavy atom. The number of amides is 8. The van der Waals surface area contributed by atoms with Crippen molar-refractivity contribution in [3.05, 3.63) is 110 Å². The Morgan fingerprint density at radius 3 is 2.27 bits per heavy atom. The average Bonchev–Trinajstić information content (AvgIpc) is 1.45. The van der Waals surface area contributed by atoms with Gasteiger partial charge in [-0.3, -0.25) is 43.2 Å². The highest BCUT2D eigenvalue weighted by Crippen LogP contribution is 2.46. The van der Waals surface area contributed by atoms with Gasteiger partial charge < -0.3 is 65.8 Å². The number of carbonyl (C=O) groups is 9. The van der Waals surface area contributed by atoms with Crippen molar-refractivity contribution < 1.29 is 71.6 Å². The Bertz CT molecular complexity index is 3490. The van der Waals surface area contributed by atoms with Crippen LogP contribution in [-0.4, -0.2) is 155 Å². The number of ether oxygens (including phenoxy) is 4. The lowest BCUT2D eigenvalue weighted by molar-refractivity contribution is -0.172. The van der Waals surface area contributed by atoms with Gasteiger partial charge in [-0.1, -0.05) is 48.3 Å². The summed E-state index contributed by atoms with van der Waals surface area (Å²) in [7, 11) is 3.42. The molecule has 460 valence electrons. The number of aromatic nitrogens is 2. The first-order valence-corrected chi connectivity index (χ1v) is 29.5. The van der Waals surface area contributed by atoms with Crippen LogP contribution in [0.15, 0.2) is 59.4 Å². The van der Waals surface area contributed by atoms with Gasteiger partial charge in [-0.2, -0.15) is 0 Å². The lowest BCUT2D eigenvalue weighted by Gasteiger charge is -2.33. The minimum Gasteiger partial charge on any atom is -0.458 e. The predicted molar refractivity (Wildman–Crippen MR) is 315 cm³/mol. The number of pyridine rings is 2. The van der Waals surface area contributed by atoms with Gasteiger partial charge in [-0.15, -0.1) is 0 Å². The summed E-state index contributed by atoms with van der Waals surface area (Å²) in [5.74, 6) is -6.49. The van der Waals surface area contributed by atoms with E-state index in [1.807, 2.05) is 28.6 Å². The number of fused-ring (bicyclic) bond motifs is 5. The van der Waals surface area contributed by atoms with Crippen molar-refractivity contribution in [1.82, 2.24) is 51.1 Å². The van der Waals surface area contributed by atoms with Crippen LogP contribution in [0.1, 0.15) is 99.4 Å². The summed E-state index contributed by atoms with van der Waals surface area (Å²) in [4.78, 5) is 138. The standard InChI is InChI=1S/C58H72BFN10O15S/c1-9-58(81)36-20-41-49-34(25-69(41)51(77)35(36)26-83-53(58)79)48-38(16-15-33-31(2)37(60)21-39(67-49)47(33)48)68-52(78)56(5,6)85-29-65-43(72)22-63-50(76)40(19-32-13-11-10-12-14-32)66-44(73)24-62-42(71)23-64-54(80)86(70-45(74)17-18-46(70)75)30-61-27-55(3,4)84-28-57(7,59)82-8/h10-14,17-18,20-21,38,40,61,81,86H,9,15-16,19,22-30,59H2,1-8H3,(H,62,71)(H,63,76)(H,64,80)(H,65,72)(H,66,73)(H,68,78)/t38-,40-,57?,58-/m0/s1. The molecule has 3 aliphatic heterocycles. The lowest BCUT2D eigenvalue weighted by atomic mass is 9.81. The molecule has 2 unspecified atom stereocenters. The van der Waals surface area contributed by atoms with E-state index in [0.717, 1.165) is 16.5 Å². The molecule has 2 aromatic heterocycles. The quantitative estimate of drug-likeness (QED) is 0.0125. The Kier molecular flexibility index (Phi) is 19.4. The van der Waals surface area contributed by atoms with Crippen molar-refractivity contribution in [3.8, 4) is 11.4 Å². The van der Waals surface area contributed by atoms with Gasteiger partial charge in [0.25, 0.3) is 28.5 Å². The molecule has 0 spiro atoms. The molecular weight excluding hydrogens is 1140 g/mol. The third-order valence-corrected chi connectivity index (χ3v) is 17.6. The SMILES string of the molecule is BC(C)(COC(C)(C)CNC[SH](C(=O)NCC(=O)NCC(=O)N[C@@H](Cc1ccccc1)C(=O)NCC(=O)NCOC(C)(C)C(=O)N[C@H]1CCc2c(C)c(F)cc3nc4c(c1c23)Cn1c-4cc2c(c1=O)COC(=O)[C@]2(O)CC)N1C(=O)C=CC1=O)OC. The molecule has 0 fully saturated rings. The molecule has 1 aliphatic carbocycles. The molecular formula is C58H72BFN10O15S. The van der Waals surface area contributed by atoms with Gasteiger partial charge >= 0.3 is 5.97 Å². The van der Waals surface area contributed by atoms with E-state index >= 15 is 4.39 Å².